The fourth-order valence-electron chi connectivity index (χ4n) is 3.04. The second kappa shape index (κ2) is 6.35. The zero-order valence-corrected chi connectivity index (χ0v) is 14.1. The van der Waals surface area contributed by atoms with Gasteiger partial charge in [0, 0.05) is 43.7 Å². The van der Waals surface area contributed by atoms with Crippen LogP contribution in [-0.2, 0) is 13.0 Å². The molecule has 2 aromatic rings. The fraction of sp³-hybridized carbons (Fsp3) is 0.500. The summed E-state index contributed by atoms with van der Waals surface area (Å²) in [5.74, 6) is 0.554. The molecule has 0 radical (unpaired) electrons. The van der Waals surface area contributed by atoms with Gasteiger partial charge in [0.1, 0.15) is 5.69 Å². The lowest BCUT2D eigenvalue weighted by molar-refractivity contribution is 0.0753. The standard InChI is InChI=1S/C16H19N5O2S/c22-15(17-9-11-1-2-11)14-4-3-12-5-6-20(7-8-21(12)14)16(23)13-10-24-19-18-13/h3-4,10-11H,1-2,5-9H2,(H,17,22). The van der Waals surface area contributed by atoms with Crippen LogP contribution in [0.2, 0.25) is 0 Å². The van der Waals surface area contributed by atoms with Crippen molar-refractivity contribution in [1.29, 1.82) is 0 Å². The molecular formula is C16H19N5O2S. The third kappa shape index (κ3) is 3.06. The summed E-state index contributed by atoms with van der Waals surface area (Å²) in [7, 11) is 0. The third-order valence-electron chi connectivity index (χ3n) is 4.65. The van der Waals surface area contributed by atoms with Crippen LogP contribution in [0.3, 0.4) is 0 Å². The van der Waals surface area contributed by atoms with Crippen molar-refractivity contribution in [3.63, 3.8) is 0 Å². The molecule has 1 N–H and O–H groups in total. The number of nitrogens with zero attached hydrogens (tertiary/aromatic N) is 4. The van der Waals surface area contributed by atoms with E-state index in [4.69, 9.17) is 0 Å². The highest BCUT2D eigenvalue weighted by molar-refractivity contribution is 7.03. The maximum Gasteiger partial charge on any atom is 0.275 e. The summed E-state index contributed by atoms with van der Waals surface area (Å²) in [5.41, 5.74) is 2.18. The van der Waals surface area contributed by atoms with Crippen LogP contribution in [0.4, 0.5) is 0 Å². The van der Waals surface area contributed by atoms with Crippen molar-refractivity contribution in [2.45, 2.75) is 25.8 Å². The minimum Gasteiger partial charge on any atom is -0.350 e. The Balaban J connectivity index is 1.45. The number of hydrogen-bond acceptors (Lipinski definition) is 5. The predicted octanol–water partition coefficient (Wildman–Crippen LogP) is 1.18. The van der Waals surface area contributed by atoms with Gasteiger partial charge in [-0.1, -0.05) is 4.49 Å². The van der Waals surface area contributed by atoms with E-state index in [0.717, 1.165) is 18.7 Å². The number of carbonyl (C=O) groups is 2. The Morgan fingerprint density at radius 2 is 2.12 bits per heavy atom. The Bertz CT molecular complexity index is 751. The molecule has 0 unspecified atom stereocenters. The van der Waals surface area contributed by atoms with Crippen molar-refractivity contribution >= 4 is 23.3 Å². The Morgan fingerprint density at radius 3 is 2.88 bits per heavy atom. The highest BCUT2D eigenvalue weighted by Crippen LogP contribution is 2.27. The van der Waals surface area contributed by atoms with Crippen LogP contribution >= 0.6 is 11.5 Å². The van der Waals surface area contributed by atoms with Crippen LogP contribution in [0, 0.1) is 5.92 Å². The average molecular weight is 345 g/mol. The van der Waals surface area contributed by atoms with Gasteiger partial charge in [0.15, 0.2) is 5.69 Å². The van der Waals surface area contributed by atoms with E-state index in [9.17, 15) is 9.59 Å². The molecule has 0 spiro atoms. The van der Waals surface area contributed by atoms with Crippen LogP contribution in [0.15, 0.2) is 17.5 Å². The second-order valence-electron chi connectivity index (χ2n) is 6.35. The summed E-state index contributed by atoms with van der Waals surface area (Å²) in [4.78, 5) is 26.6. The fourth-order valence-corrected chi connectivity index (χ4v) is 3.47. The molecular weight excluding hydrogens is 326 g/mol. The summed E-state index contributed by atoms with van der Waals surface area (Å²) < 4.78 is 5.79. The molecule has 1 aliphatic carbocycles. The van der Waals surface area contributed by atoms with Crippen molar-refractivity contribution in [2.75, 3.05) is 19.6 Å². The highest BCUT2D eigenvalue weighted by atomic mass is 32.1. The Kier molecular flexibility index (Phi) is 4.05. The predicted molar refractivity (Wildman–Crippen MR) is 89.0 cm³/mol. The lowest BCUT2D eigenvalue weighted by atomic mass is 10.3. The van der Waals surface area contributed by atoms with E-state index in [1.807, 2.05) is 16.7 Å². The van der Waals surface area contributed by atoms with Crippen LogP contribution < -0.4 is 5.32 Å². The molecule has 0 saturated heterocycles. The first-order valence-electron chi connectivity index (χ1n) is 8.25. The summed E-state index contributed by atoms with van der Waals surface area (Å²) in [6, 6.07) is 3.88. The van der Waals surface area contributed by atoms with E-state index in [1.54, 1.807) is 10.3 Å². The number of rotatable bonds is 4. The van der Waals surface area contributed by atoms with E-state index in [1.165, 1.54) is 24.4 Å². The molecule has 1 aliphatic heterocycles. The molecule has 1 fully saturated rings. The first-order valence-corrected chi connectivity index (χ1v) is 9.09. The molecule has 24 heavy (non-hydrogen) atoms. The van der Waals surface area contributed by atoms with Gasteiger partial charge in [-0.2, -0.15) is 0 Å². The molecule has 0 bridgehead atoms. The van der Waals surface area contributed by atoms with Crippen LogP contribution in [0.1, 0.15) is 39.5 Å². The topological polar surface area (TPSA) is 80.1 Å². The van der Waals surface area contributed by atoms with Crippen molar-refractivity contribution in [3.8, 4) is 0 Å². The smallest absolute Gasteiger partial charge is 0.275 e. The van der Waals surface area contributed by atoms with Gasteiger partial charge < -0.3 is 14.8 Å². The first kappa shape index (κ1) is 15.3. The van der Waals surface area contributed by atoms with Crippen molar-refractivity contribution in [1.82, 2.24) is 24.4 Å². The van der Waals surface area contributed by atoms with Gasteiger partial charge in [-0.05, 0) is 42.4 Å². The molecule has 1 saturated carbocycles. The number of aromatic nitrogens is 3. The lowest BCUT2D eigenvalue weighted by Gasteiger charge is -2.18. The summed E-state index contributed by atoms with van der Waals surface area (Å²) >= 11 is 1.18. The number of fused-ring (bicyclic) bond motifs is 1. The summed E-state index contributed by atoms with van der Waals surface area (Å²) in [6.45, 7) is 2.59. The number of amides is 2. The van der Waals surface area contributed by atoms with E-state index in [-0.39, 0.29) is 11.8 Å². The quantitative estimate of drug-likeness (QED) is 0.902. The van der Waals surface area contributed by atoms with E-state index < -0.39 is 0 Å². The molecule has 2 amide bonds. The summed E-state index contributed by atoms with van der Waals surface area (Å²) in [5, 5.41) is 8.55. The van der Waals surface area contributed by atoms with Crippen LogP contribution in [-0.4, -0.2) is 50.5 Å². The van der Waals surface area contributed by atoms with Crippen molar-refractivity contribution < 1.29 is 9.59 Å². The minimum atomic E-state index is -0.0887. The number of hydrogen-bond donors (Lipinski definition) is 1. The molecule has 7 nitrogen and oxygen atoms in total. The van der Waals surface area contributed by atoms with Gasteiger partial charge in [0.25, 0.3) is 11.8 Å². The highest BCUT2D eigenvalue weighted by Gasteiger charge is 2.25. The molecule has 2 aliphatic rings. The van der Waals surface area contributed by atoms with E-state index >= 15 is 0 Å². The molecule has 3 heterocycles. The Morgan fingerprint density at radius 1 is 1.25 bits per heavy atom. The van der Waals surface area contributed by atoms with E-state index in [2.05, 4.69) is 14.9 Å². The average Bonchev–Trinajstić information content (AvgIpc) is 3.16. The zero-order chi connectivity index (χ0) is 16.5. The molecule has 126 valence electrons. The van der Waals surface area contributed by atoms with E-state index in [0.29, 0.717) is 36.9 Å². The largest absolute Gasteiger partial charge is 0.350 e. The molecule has 0 aromatic carbocycles. The summed E-state index contributed by atoms with van der Waals surface area (Å²) in [6.07, 6.45) is 3.17. The van der Waals surface area contributed by atoms with Gasteiger partial charge in [0.05, 0.1) is 0 Å². The molecule has 2 aromatic heterocycles. The first-order chi connectivity index (χ1) is 11.7. The van der Waals surface area contributed by atoms with Gasteiger partial charge in [-0.3, -0.25) is 9.59 Å². The maximum absolute atomic E-state index is 12.4. The minimum absolute atomic E-state index is 0.0170. The molecule has 0 atom stereocenters. The SMILES string of the molecule is O=C(NCC1CC1)c1ccc2n1CCN(C(=O)c1csnn1)CC2. The number of nitrogens with one attached hydrogen (secondary N) is 1. The molecule has 8 heteroatoms. The van der Waals surface area contributed by atoms with Crippen LogP contribution in [0.25, 0.3) is 0 Å². The second-order valence-corrected chi connectivity index (χ2v) is 6.96. The monoisotopic (exact) mass is 345 g/mol. The Hall–Kier alpha value is -2.22. The lowest BCUT2D eigenvalue weighted by Crippen LogP contribution is -2.34. The van der Waals surface area contributed by atoms with Gasteiger partial charge in [-0.25, -0.2) is 0 Å². The van der Waals surface area contributed by atoms with Crippen molar-refractivity contribution in [3.05, 3.63) is 34.6 Å². The Labute approximate surface area is 143 Å². The van der Waals surface area contributed by atoms with Gasteiger partial charge in [-0.15, -0.1) is 5.10 Å². The van der Waals surface area contributed by atoms with Gasteiger partial charge in [0.2, 0.25) is 0 Å². The number of carbonyl (C=O) groups excluding carboxylic acids is 2. The van der Waals surface area contributed by atoms with Crippen molar-refractivity contribution in [2.24, 2.45) is 5.92 Å². The van der Waals surface area contributed by atoms with Crippen LogP contribution in [0.5, 0.6) is 0 Å². The van der Waals surface area contributed by atoms with Gasteiger partial charge >= 0.3 is 0 Å². The normalized spacial score (nSPS) is 17.2. The molecule has 4 rings (SSSR count). The zero-order valence-electron chi connectivity index (χ0n) is 13.3. The maximum atomic E-state index is 12.4. The third-order valence-corrected chi connectivity index (χ3v) is 5.15.